The van der Waals surface area contributed by atoms with Crippen molar-refractivity contribution in [2.75, 3.05) is 42.7 Å². The third-order valence-electron chi connectivity index (χ3n) is 3.88. The molecule has 0 aliphatic carbocycles. The van der Waals surface area contributed by atoms with Crippen LogP contribution in [0.2, 0.25) is 0 Å². The average molecular weight is 380 g/mol. The van der Waals surface area contributed by atoms with Crippen LogP contribution in [0.3, 0.4) is 0 Å². The zero-order valence-corrected chi connectivity index (χ0v) is 14.0. The Hall–Kier alpha value is -1.90. The van der Waals surface area contributed by atoms with E-state index < -0.39 is 5.60 Å². The van der Waals surface area contributed by atoms with E-state index in [1.54, 1.807) is 6.07 Å². The van der Waals surface area contributed by atoms with Crippen molar-refractivity contribution in [2.24, 2.45) is 0 Å². The molecule has 2 aromatic rings. The predicted octanol–water partition coefficient (Wildman–Crippen LogP) is 1.13. The number of halogens is 1. The molecule has 0 unspecified atom stereocenters. The van der Waals surface area contributed by atoms with E-state index in [1.165, 1.54) is 0 Å². The Balaban J connectivity index is 1.96. The second-order valence-corrected chi connectivity index (χ2v) is 6.27. The molecule has 1 saturated heterocycles. The number of nitrogen functional groups attached to an aromatic ring is 2. The van der Waals surface area contributed by atoms with Gasteiger partial charge in [0, 0.05) is 22.6 Å². The molecular formula is C15H18BrN5O2. The maximum Gasteiger partial charge on any atom is 0.223 e. The highest BCUT2D eigenvalue weighted by molar-refractivity contribution is 9.10. The maximum absolute atomic E-state index is 10.0. The van der Waals surface area contributed by atoms with E-state index in [4.69, 9.17) is 16.2 Å². The molecule has 0 spiro atoms. The Morgan fingerprint density at radius 2 is 2.09 bits per heavy atom. The monoisotopic (exact) mass is 379 g/mol. The van der Waals surface area contributed by atoms with Crippen molar-refractivity contribution in [2.45, 2.75) is 5.60 Å². The van der Waals surface area contributed by atoms with Crippen LogP contribution < -0.4 is 16.4 Å². The van der Waals surface area contributed by atoms with Crippen LogP contribution in [-0.4, -0.2) is 41.4 Å². The lowest BCUT2D eigenvalue weighted by Crippen LogP contribution is -2.52. The third kappa shape index (κ3) is 3.10. The fourth-order valence-corrected chi connectivity index (χ4v) is 3.43. The molecule has 0 radical (unpaired) electrons. The van der Waals surface area contributed by atoms with Crippen LogP contribution in [0.25, 0.3) is 0 Å². The second kappa shape index (κ2) is 6.31. The fraction of sp³-hybridized carbons (Fsp3) is 0.333. The van der Waals surface area contributed by atoms with E-state index in [9.17, 15) is 5.11 Å². The quantitative estimate of drug-likeness (QED) is 0.732. The summed E-state index contributed by atoms with van der Waals surface area (Å²) in [4.78, 5) is 10.1. The first-order chi connectivity index (χ1) is 11.0. The number of hydrogen-bond donors (Lipinski definition) is 3. The first-order valence-electron chi connectivity index (χ1n) is 7.19. The largest absolute Gasteiger partial charge is 0.393 e. The number of morpholine rings is 1. The van der Waals surface area contributed by atoms with Crippen LogP contribution >= 0.6 is 15.9 Å². The Bertz CT molecular complexity index is 694. The zero-order chi connectivity index (χ0) is 16.4. The summed E-state index contributed by atoms with van der Waals surface area (Å²) in [6, 6.07) is 9.37. The topological polar surface area (TPSA) is 111 Å². The molecule has 8 heteroatoms. The number of rotatable bonds is 3. The van der Waals surface area contributed by atoms with E-state index >= 15 is 0 Å². The number of nitrogens with zero attached hydrogens (tertiary/aromatic N) is 3. The van der Waals surface area contributed by atoms with Gasteiger partial charge in [-0.2, -0.15) is 9.97 Å². The van der Waals surface area contributed by atoms with E-state index in [1.807, 2.05) is 29.2 Å². The van der Waals surface area contributed by atoms with Gasteiger partial charge in [0.25, 0.3) is 0 Å². The molecule has 1 aliphatic rings. The second-order valence-electron chi connectivity index (χ2n) is 5.41. The number of benzene rings is 1. The minimum Gasteiger partial charge on any atom is -0.393 e. The van der Waals surface area contributed by atoms with E-state index in [0.717, 1.165) is 10.0 Å². The number of nitrogens with two attached hydrogens (primary N) is 2. The normalized spacial score (nSPS) is 21.4. The van der Waals surface area contributed by atoms with Gasteiger partial charge >= 0.3 is 0 Å². The predicted molar refractivity (Wildman–Crippen MR) is 91.9 cm³/mol. The summed E-state index contributed by atoms with van der Waals surface area (Å²) >= 11 is 3.53. The number of aliphatic hydroxyl groups excluding tert-OH is 1. The van der Waals surface area contributed by atoms with Gasteiger partial charge in [-0.15, -0.1) is 0 Å². The van der Waals surface area contributed by atoms with Crippen molar-refractivity contribution in [3.63, 3.8) is 0 Å². The number of aliphatic hydroxyl groups is 1. The molecule has 1 aromatic carbocycles. The Kier molecular flexibility index (Phi) is 4.38. The molecule has 0 bridgehead atoms. The lowest BCUT2D eigenvalue weighted by molar-refractivity contribution is -0.0936. The summed E-state index contributed by atoms with van der Waals surface area (Å²) in [6.45, 7) is 1.36. The van der Waals surface area contributed by atoms with Gasteiger partial charge in [0.1, 0.15) is 17.2 Å². The van der Waals surface area contributed by atoms with Crippen molar-refractivity contribution in [1.82, 2.24) is 9.97 Å². The van der Waals surface area contributed by atoms with Gasteiger partial charge in [-0.25, -0.2) is 0 Å². The molecule has 0 saturated carbocycles. The lowest BCUT2D eigenvalue weighted by Gasteiger charge is -2.43. The van der Waals surface area contributed by atoms with Crippen molar-refractivity contribution in [1.29, 1.82) is 0 Å². The SMILES string of the molecule is Nc1cc(N2CCO[C@@](CO)(c3ccccc3Br)C2)nc(N)n1. The third-order valence-corrected chi connectivity index (χ3v) is 4.57. The summed E-state index contributed by atoms with van der Waals surface area (Å²) < 4.78 is 6.85. The van der Waals surface area contributed by atoms with Crippen LogP contribution in [0.5, 0.6) is 0 Å². The molecular weight excluding hydrogens is 362 g/mol. The molecule has 1 atom stereocenters. The molecule has 1 aromatic heterocycles. The number of ether oxygens (including phenoxy) is 1. The van der Waals surface area contributed by atoms with Crippen LogP contribution in [0.4, 0.5) is 17.6 Å². The minimum atomic E-state index is -0.840. The molecule has 1 fully saturated rings. The van der Waals surface area contributed by atoms with Crippen molar-refractivity contribution in [3.05, 3.63) is 40.4 Å². The van der Waals surface area contributed by atoms with Gasteiger partial charge in [-0.1, -0.05) is 34.1 Å². The summed E-state index contributed by atoms with van der Waals surface area (Å²) in [5, 5.41) is 10.0. The van der Waals surface area contributed by atoms with Crippen LogP contribution in [0.15, 0.2) is 34.8 Å². The molecule has 122 valence electrons. The Morgan fingerprint density at radius 1 is 1.30 bits per heavy atom. The van der Waals surface area contributed by atoms with Crippen molar-refractivity contribution in [3.8, 4) is 0 Å². The average Bonchev–Trinajstić information content (AvgIpc) is 2.54. The summed E-state index contributed by atoms with van der Waals surface area (Å²) in [7, 11) is 0. The molecule has 7 nitrogen and oxygen atoms in total. The molecule has 3 rings (SSSR count). The van der Waals surface area contributed by atoms with Gasteiger partial charge < -0.3 is 26.2 Å². The Labute approximate surface area is 142 Å². The zero-order valence-electron chi connectivity index (χ0n) is 12.4. The number of anilines is 3. The fourth-order valence-electron chi connectivity index (χ4n) is 2.79. The molecule has 23 heavy (non-hydrogen) atoms. The highest BCUT2D eigenvalue weighted by atomic mass is 79.9. The van der Waals surface area contributed by atoms with Crippen LogP contribution in [0.1, 0.15) is 5.56 Å². The van der Waals surface area contributed by atoms with Gasteiger partial charge in [0.2, 0.25) is 5.95 Å². The Morgan fingerprint density at radius 3 is 2.78 bits per heavy atom. The van der Waals surface area contributed by atoms with Crippen LogP contribution in [-0.2, 0) is 10.3 Å². The van der Waals surface area contributed by atoms with Crippen molar-refractivity contribution >= 4 is 33.5 Å². The van der Waals surface area contributed by atoms with E-state index in [2.05, 4.69) is 25.9 Å². The van der Waals surface area contributed by atoms with Gasteiger partial charge in [-0.3, -0.25) is 0 Å². The highest BCUT2D eigenvalue weighted by Crippen LogP contribution is 2.35. The van der Waals surface area contributed by atoms with Gasteiger partial charge in [0.15, 0.2) is 0 Å². The summed E-state index contributed by atoms with van der Waals surface area (Å²) in [6.07, 6.45) is 0. The molecule has 5 N–H and O–H groups in total. The first kappa shape index (κ1) is 16.0. The summed E-state index contributed by atoms with van der Waals surface area (Å²) in [5.74, 6) is 1.07. The van der Waals surface area contributed by atoms with Gasteiger partial charge in [0.05, 0.1) is 19.8 Å². The molecule has 2 heterocycles. The molecule has 0 amide bonds. The van der Waals surface area contributed by atoms with Crippen molar-refractivity contribution < 1.29 is 9.84 Å². The smallest absolute Gasteiger partial charge is 0.223 e. The van der Waals surface area contributed by atoms with E-state index in [0.29, 0.717) is 31.3 Å². The first-order valence-corrected chi connectivity index (χ1v) is 7.98. The van der Waals surface area contributed by atoms with Crippen LogP contribution in [0, 0.1) is 0 Å². The van der Waals surface area contributed by atoms with E-state index in [-0.39, 0.29) is 12.6 Å². The number of aromatic nitrogens is 2. The molecule has 1 aliphatic heterocycles. The lowest BCUT2D eigenvalue weighted by atomic mass is 9.92. The minimum absolute atomic E-state index is 0.127. The highest BCUT2D eigenvalue weighted by Gasteiger charge is 2.40. The standard InChI is InChI=1S/C15H18BrN5O2/c16-11-4-2-1-3-10(11)15(9-22)8-21(5-6-23-15)13-7-12(17)19-14(18)20-13/h1-4,7,22H,5-6,8-9H2,(H4,17,18,19,20)/t15-/m0/s1. The number of hydrogen-bond acceptors (Lipinski definition) is 7. The van der Waals surface area contributed by atoms with Gasteiger partial charge in [-0.05, 0) is 6.07 Å². The summed E-state index contributed by atoms with van der Waals surface area (Å²) in [5.41, 5.74) is 11.5. The maximum atomic E-state index is 10.0.